The van der Waals surface area contributed by atoms with Crippen molar-refractivity contribution >= 4 is 45.5 Å². The highest BCUT2D eigenvalue weighted by atomic mass is 32.2. The fourth-order valence-electron chi connectivity index (χ4n) is 2.03. The van der Waals surface area contributed by atoms with Gasteiger partial charge in [-0.3, -0.25) is 9.59 Å². The number of nitrogen functional groups attached to an aromatic ring is 1. The summed E-state index contributed by atoms with van der Waals surface area (Å²) in [5.41, 5.74) is 11.9. The largest absolute Gasteiger partial charge is 0.397 e. The summed E-state index contributed by atoms with van der Waals surface area (Å²) in [5.74, 6) is 1.42. The number of primary amides is 1. The summed E-state index contributed by atoms with van der Waals surface area (Å²) in [6.45, 7) is 3.48. The highest BCUT2D eigenvalue weighted by molar-refractivity contribution is 7.99. The maximum Gasteiger partial charge on any atom is 0.253 e. The van der Waals surface area contributed by atoms with Crippen LogP contribution in [0.4, 0.5) is 10.7 Å². The maximum atomic E-state index is 11.9. The second kappa shape index (κ2) is 5.83. The van der Waals surface area contributed by atoms with Crippen LogP contribution in [-0.2, 0) is 0 Å². The Morgan fingerprint density at radius 3 is 2.47 bits per heavy atom. The zero-order chi connectivity index (χ0) is 14.0. The lowest BCUT2D eigenvalue weighted by atomic mass is 10.1. The molecular weight excluding hydrogens is 282 g/mol. The van der Waals surface area contributed by atoms with E-state index in [1.165, 1.54) is 11.3 Å². The smallest absolute Gasteiger partial charge is 0.253 e. The summed E-state index contributed by atoms with van der Waals surface area (Å²) in [5, 5.41) is 0.752. The molecule has 0 spiro atoms. The number of nitrogens with zero attached hydrogens (tertiary/aromatic N) is 1. The van der Waals surface area contributed by atoms with E-state index in [1.807, 2.05) is 11.8 Å². The molecule has 0 atom stereocenters. The van der Waals surface area contributed by atoms with Gasteiger partial charge in [0.15, 0.2) is 5.78 Å². The highest BCUT2D eigenvalue weighted by Gasteiger charge is 2.27. The van der Waals surface area contributed by atoms with Crippen molar-refractivity contribution < 1.29 is 9.59 Å². The molecular formula is C12H17N3O2S2. The summed E-state index contributed by atoms with van der Waals surface area (Å²) in [4.78, 5) is 26.0. The minimum atomic E-state index is -0.558. The predicted molar refractivity (Wildman–Crippen MR) is 81.4 cm³/mol. The van der Waals surface area contributed by atoms with Crippen LogP contribution < -0.4 is 16.4 Å². The van der Waals surface area contributed by atoms with Crippen LogP contribution in [0.15, 0.2) is 0 Å². The first kappa shape index (κ1) is 14.2. The van der Waals surface area contributed by atoms with Crippen LogP contribution in [-0.4, -0.2) is 36.3 Å². The third-order valence-corrected chi connectivity index (χ3v) is 5.30. The molecule has 0 bridgehead atoms. The Balaban J connectivity index is 2.46. The standard InChI is InChI=1S/C12H17N3O2S2/c1-2-7(16)10-9(13)8(11(14)17)12(19-10)15-3-5-18-6-4-15/h2-6,13H2,1H3,(H2,14,17). The van der Waals surface area contributed by atoms with E-state index < -0.39 is 5.91 Å². The van der Waals surface area contributed by atoms with Crippen LogP contribution >= 0.6 is 23.1 Å². The number of carbonyl (C=O) groups excluding carboxylic acids is 2. The molecule has 1 aliphatic rings. The molecule has 19 heavy (non-hydrogen) atoms. The molecule has 1 fully saturated rings. The molecule has 0 radical (unpaired) electrons. The molecule has 0 saturated carbocycles. The van der Waals surface area contributed by atoms with Crippen molar-refractivity contribution in [2.24, 2.45) is 5.73 Å². The Morgan fingerprint density at radius 2 is 1.95 bits per heavy atom. The molecule has 1 aromatic heterocycles. The van der Waals surface area contributed by atoms with E-state index >= 15 is 0 Å². The second-order valence-corrected chi connectivity index (χ2v) is 6.49. The van der Waals surface area contributed by atoms with Crippen LogP contribution in [0.25, 0.3) is 0 Å². The van der Waals surface area contributed by atoms with Gasteiger partial charge in [-0.15, -0.1) is 11.3 Å². The Labute approximate surface area is 120 Å². The van der Waals surface area contributed by atoms with E-state index in [9.17, 15) is 9.59 Å². The number of thiophene rings is 1. The zero-order valence-corrected chi connectivity index (χ0v) is 12.4. The lowest BCUT2D eigenvalue weighted by molar-refractivity contribution is 0.0991. The van der Waals surface area contributed by atoms with Crippen molar-refractivity contribution in [1.29, 1.82) is 0 Å². The first-order valence-electron chi connectivity index (χ1n) is 6.14. The van der Waals surface area contributed by atoms with E-state index in [2.05, 4.69) is 4.90 Å². The molecule has 1 saturated heterocycles. The fraction of sp³-hybridized carbons (Fsp3) is 0.500. The van der Waals surface area contributed by atoms with Crippen molar-refractivity contribution in [3.63, 3.8) is 0 Å². The van der Waals surface area contributed by atoms with Crippen LogP contribution in [0.2, 0.25) is 0 Å². The lowest BCUT2D eigenvalue weighted by Gasteiger charge is -2.27. The molecule has 1 amide bonds. The van der Waals surface area contributed by atoms with Gasteiger partial charge in [0.05, 0.1) is 16.1 Å². The maximum absolute atomic E-state index is 11.9. The lowest BCUT2D eigenvalue weighted by Crippen LogP contribution is -2.33. The molecule has 0 unspecified atom stereocenters. The van der Waals surface area contributed by atoms with Gasteiger partial charge in [-0.1, -0.05) is 6.92 Å². The molecule has 4 N–H and O–H groups in total. The molecule has 0 aliphatic carbocycles. The zero-order valence-electron chi connectivity index (χ0n) is 10.8. The van der Waals surface area contributed by atoms with Gasteiger partial charge in [0, 0.05) is 31.0 Å². The number of carbonyl (C=O) groups is 2. The second-order valence-electron chi connectivity index (χ2n) is 4.27. The fourth-order valence-corrected chi connectivity index (χ4v) is 4.22. The van der Waals surface area contributed by atoms with Crippen LogP contribution in [0.3, 0.4) is 0 Å². The SMILES string of the molecule is CCC(=O)c1sc(N2CCSCC2)c(C(N)=O)c1N. The number of hydrogen-bond donors (Lipinski definition) is 2. The molecule has 1 aliphatic heterocycles. The Kier molecular flexibility index (Phi) is 4.36. The van der Waals surface area contributed by atoms with Gasteiger partial charge in [0.25, 0.3) is 5.91 Å². The predicted octanol–water partition coefficient (Wildman–Crippen LogP) is 1.58. The average Bonchev–Trinajstić information content (AvgIpc) is 2.76. The van der Waals surface area contributed by atoms with Crippen molar-refractivity contribution in [3.8, 4) is 0 Å². The van der Waals surface area contributed by atoms with Crippen LogP contribution in [0.5, 0.6) is 0 Å². The van der Waals surface area contributed by atoms with Gasteiger partial charge >= 0.3 is 0 Å². The topological polar surface area (TPSA) is 89.4 Å². The first-order chi connectivity index (χ1) is 9.06. The first-order valence-corrected chi connectivity index (χ1v) is 8.11. The van der Waals surface area contributed by atoms with Crippen LogP contribution in [0.1, 0.15) is 33.4 Å². The number of thioether (sulfide) groups is 1. The number of amides is 1. The Morgan fingerprint density at radius 1 is 1.32 bits per heavy atom. The number of hydrogen-bond acceptors (Lipinski definition) is 6. The van der Waals surface area contributed by atoms with E-state index in [4.69, 9.17) is 11.5 Å². The van der Waals surface area contributed by atoms with Crippen molar-refractivity contribution in [3.05, 3.63) is 10.4 Å². The number of Topliss-reactive ketones (excluding diaryl/α,β-unsaturated/α-hetero) is 1. The Hall–Kier alpha value is -1.21. The minimum absolute atomic E-state index is 0.0392. The van der Waals surface area contributed by atoms with E-state index in [1.54, 1.807) is 6.92 Å². The van der Waals surface area contributed by atoms with E-state index in [-0.39, 0.29) is 11.5 Å². The molecule has 2 heterocycles. The summed E-state index contributed by atoms with van der Waals surface area (Å²) in [7, 11) is 0. The summed E-state index contributed by atoms with van der Waals surface area (Å²) >= 11 is 3.17. The molecule has 7 heteroatoms. The quantitative estimate of drug-likeness (QED) is 0.824. The molecule has 1 aromatic rings. The molecule has 0 aromatic carbocycles. The third kappa shape index (κ3) is 2.71. The minimum Gasteiger partial charge on any atom is -0.397 e. The number of rotatable bonds is 4. The van der Waals surface area contributed by atoms with Crippen LogP contribution in [0, 0.1) is 0 Å². The van der Waals surface area contributed by atoms with Gasteiger partial charge < -0.3 is 16.4 Å². The molecule has 5 nitrogen and oxygen atoms in total. The normalized spacial score (nSPS) is 15.5. The monoisotopic (exact) mass is 299 g/mol. The highest BCUT2D eigenvalue weighted by Crippen LogP contribution is 2.39. The van der Waals surface area contributed by atoms with E-state index in [0.29, 0.717) is 16.9 Å². The third-order valence-electron chi connectivity index (χ3n) is 3.05. The summed E-state index contributed by atoms with van der Waals surface area (Å²) in [6.07, 6.45) is 0.373. The van der Waals surface area contributed by atoms with Gasteiger partial charge in [0.1, 0.15) is 5.00 Å². The number of nitrogens with two attached hydrogens (primary N) is 2. The molecule has 104 valence electrons. The summed E-state index contributed by atoms with van der Waals surface area (Å²) < 4.78 is 0. The summed E-state index contributed by atoms with van der Waals surface area (Å²) in [6, 6.07) is 0. The average molecular weight is 299 g/mol. The number of anilines is 2. The Bertz CT molecular complexity index is 507. The molecule has 2 rings (SSSR count). The van der Waals surface area contributed by atoms with Gasteiger partial charge in [-0.05, 0) is 0 Å². The van der Waals surface area contributed by atoms with Gasteiger partial charge in [-0.2, -0.15) is 11.8 Å². The number of ketones is 1. The van der Waals surface area contributed by atoms with E-state index in [0.717, 1.165) is 29.6 Å². The van der Waals surface area contributed by atoms with Crippen molar-refractivity contribution in [2.45, 2.75) is 13.3 Å². The van der Waals surface area contributed by atoms with Crippen molar-refractivity contribution in [2.75, 3.05) is 35.2 Å². The van der Waals surface area contributed by atoms with Gasteiger partial charge in [-0.25, -0.2) is 0 Å². The van der Waals surface area contributed by atoms with Crippen molar-refractivity contribution in [1.82, 2.24) is 0 Å². The van der Waals surface area contributed by atoms with Gasteiger partial charge in [0.2, 0.25) is 0 Å².